The van der Waals surface area contributed by atoms with Crippen LogP contribution in [0.3, 0.4) is 0 Å². The lowest BCUT2D eigenvalue weighted by Crippen LogP contribution is -2.54. The number of amides is 3. The number of phenols is 1. The van der Waals surface area contributed by atoms with Gasteiger partial charge in [-0.25, -0.2) is 4.79 Å². The first-order chi connectivity index (χ1) is 16.6. The van der Waals surface area contributed by atoms with Crippen LogP contribution in [-0.4, -0.2) is 53.7 Å². The third-order valence-corrected chi connectivity index (χ3v) is 5.18. The van der Waals surface area contributed by atoms with Crippen LogP contribution in [0.5, 0.6) is 5.75 Å². The number of hydrogen-bond acceptors (Lipinski definition) is 7. The van der Waals surface area contributed by atoms with E-state index >= 15 is 0 Å². The van der Waals surface area contributed by atoms with Crippen LogP contribution >= 0.6 is 0 Å². The lowest BCUT2D eigenvalue weighted by molar-refractivity contribution is -0.128. The fourth-order valence-electron chi connectivity index (χ4n) is 3.12. The highest BCUT2D eigenvalue weighted by Crippen LogP contribution is 2.15. The SMILES string of the molecule is CC(C)(C)OC(=O)NC(Cc1ccc(NS(=O)(=O)O)cc1)C(=O)NC(Cc1ccc(O)cc1)C(N)=O. The Bertz CT molecular complexity index is 1180. The van der Waals surface area contributed by atoms with Crippen molar-refractivity contribution in [1.82, 2.24) is 10.6 Å². The standard InChI is InChI=1S/C23H30N4O8S/c1-23(2,3)35-22(31)26-19(13-14-4-8-16(9-5-14)27-36(32,33)34)21(30)25-18(20(24)29)12-15-6-10-17(28)11-7-15/h4-11,18-19,27-28H,12-13H2,1-3H3,(H2,24,29)(H,25,30)(H,26,31)(H,32,33,34). The van der Waals surface area contributed by atoms with Crippen LogP contribution in [-0.2, 0) is 37.5 Å². The molecule has 0 aromatic heterocycles. The summed E-state index contributed by atoms with van der Waals surface area (Å²) in [4.78, 5) is 37.5. The number of ether oxygens (including phenoxy) is 1. The van der Waals surface area contributed by atoms with Crippen molar-refractivity contribution in [3.63, 3.8) is 0 Å². The minimum absolute atomic E-state index is 0.0397. The molecule has 0 aliphatic carbocycles. The number of nitrogens with one attached hydrogen (secondary N) is 3. The highest BCUT2D eigenvalue weighted by Gasteiger charge is 2.28. The lowest BCUT2D eigenvalue weighted by Gasteiger charge is -2.25. The van der Waals surface area contributed by atoms with E-state index in [1.807, 2.05) is 4.72 Å². The highest BCUT2D eigenvalue weighted by molar-refractivity contribution is 7.87. The van der Waals surface area contributed by atoms with Gasteiger partial charge in [-0.1, -0.05) is 24.3 Å². The van der Waals surface area contributed by atoms with Crippen molar-refractivity contribution in [3.05, 3.63) is 59.7 Å². The van der Waals surface area contributed by atoms with Gasteiger partial charge in [-0.05, 0) is 56.2 Å². The Hall–Kier alpha value is -3.84. The van der Waals surface area contributed by atoms with Crippen molar-refractivity contribution in [1.29, 1.82) is 0 Å². The number of carbonyl (C=O) groups excluding carboxylic acids is 3. The molecule has 2 aromatic carbocycles. The van der Waals surface area contributed by atoms with Gasteiger partial charge in [-0.3, -0.25) is 18.9 Å². The van der Waals surface area contributed by atoms with Crippen LogP contribution in [0.1, 0.15) is 31.9 Å². The van der Waals surface area contributed by atoms with Crippen molar-refractivity contribution in [2.45, 2.75) is 51.3 Å². The normalized spacial score (nSPS) is 13.2. The molecule has 0 aliphatic rings. The number of carbonyl (C=O) groups is 3. The second kappa shape index (κ2) is 11.7. The molecule has 0 heterocycles. The summed E-state index contributed by atoms with van der Waals surface area (Å²) in [5.74, 6) is -1.46. The molecule has 196 valence electrons. The molecule has 0 bridgehead atoms. The van der Waals surface area contributed by atoms with Gasteiger partial charge in [0.25, 0.3) is 0 Å². The van der Waals surface area contributed by atoms with E-state index in [0.717, 1.165) is 0 Å². The maximum Gasteiger partial charge on any atom is 0.408 e. The van der Waals surface area contributed by atoms with Crippen LogP contribution in [0.2, 0.25) is 0 Å². The number of aromatic hydroxyl groups is 1. The van der Waals surface area contributed by atoms with Crippen molar-refractivity contribution >= 4 is 33.9 Å². The Morgan fingerprint density at radius 1 is 0.917 bits per heavy atom. The van der Waals surface area contributed by atoms with E-state index in [1.165, 1.54) is 36.4 Å². The number of hydrogen-bond donors (Lipinski definition) is 6. The number of anilines is 1. The van der Waals surface area contributed by atoms with E-state index in [1.54, 1.807) is 32.9 Å². The molecule has 2 atom stereocenters. The maximum absolute atomic E-state index is 13.1. The van der Waals surface area contributed by atoms with Crippen molar-refractivity contribution in [2.24, 2.45) is 5.73 Å². The van der Waals surface area contributed by atoms with Gasteiger partial charge in [0.15, 0.2) is 0 Å². The number of benzene rings is 2. The molecule has 0 fully saturated rings. The Labute approximate surface area is 209 Å². The second-order valence-corrected chi connectivity index (χ2v) is 10.2. The third kappa shape index (κ3) is 10.2. The van der Waals surface area contributed by atoms with E-state index < -0.39 is 45.9 Å². The van der Waals surface area contributed by atoms with Gasteiger partial charge in [0.2, 0.25) is 11.8 Å². The molecule has 2 aromatic rings. The van der Waals surface area contributed by atoms with Gasteiger partial charge < -0.3 is 26.2 Å². The molecule has 12 nitrogen and oxygen atoms in total. The molecule has 2 unspecified atom stereocenters. The molecule has 0 aliphatic heterocycles. The topological polar surface area (TPSA) is 197 Å². The molecular formula is C23H30N4O8S. The first-order valence-corrected chi connectivity index (χ1v) is 12.3. The van der Waals surface area contributed by atoms with Crippen LogP contribution < -0.4 is 21.1 Å². The van der Waals surface area contributed by atoms with Gasteiger partial charge in [-0.15, -0.1) is 0 Å². The first-order valence-electron chi connectivity index (χ1n) is 10.8. The summed E-state index contributed by atoms with van der Waals surface area (Å²) in [6, 6.07) is 9.45. The summed E-state index contributed by atoms with van der Waals surface area (Å²) in [5.41, 5.74) is 5.90. The molecule has 36 heavy (non-hydrogen) atoms. The largest absolute Gasteiger partial charge is 0.508 e. The number of primary amides is 1. The molecule has 0 radical (unpaired) electrons. The summed E-state index contributed by atoms with van der Waals surface area (Å²) in [7, 11) is -4.46. The van der Waals surface area contributed by atoms with E-state index in [0.29, 0.717) is 11.1 Å². The first kappa shape index (κ1) is 28.4. The summed E-state index contributed by atoms with van der Waals surface area (Å²) >= 11 is 0. The Morgan fingerprint density at radius 2 is 1.42 bits per heavy atom. The Morgan fingerprint density at radius 3 is 1.89 bits per heavy atom. The quantitative estimate of drug-likeness (QED) is 0.251. The van der Waals surface area contributed by atoms with Crippen LogP contribution in [0.15, 0.2) is 48.5 Å². The third-order valence-electron chi connectivity index (χ3n) is 4.68. The molecule has 2 rings (SSSR count). The van der Waals surface area contributed by atoms with E-state index in [2.05, 4.69) is 10.6 Å². The summed E-state index contributed by atoms with van der Waals surface area (Å²) in [6.45, 7) is 4.97. The number of rotatable bonds is 10. The summed E-state index contributed by atoms with van der Waals surface area (Å²) in [6.07, 6.45) is -0.847. The van der Waals surface area contributed by atoms with Crippen molar-refractivity contribution in [2.75, 3.05) is 4.72 Å². The maximum atomic E-state index is 13.1. The van der Waals surface area contributed by atoms with Gasteiger partial charge in [0.05, 0.1) is 5.69 Å². The van der Waals surface area contributed by atoms with Gasteiger partial charge in [-0.2, -0.15) is 8.42 Å². The van der Waals surface area contributed by atoms with E-state index in [-0.39, 0.29) is 24.3 Å². The fraction of sp³-hybridized carbons (Fsp3) is 0.348. The van der Waals surface area contributed by atoms with Crippen molar-refractivity contribution in [3.8, 4) is 5.75 Å². The molecular weight excluding hydrogens is 492 g/mol. The minimum Gasteiger partial charge on any atom is -0.508 e. The highest BCUT2D eigenvalue weighted by atomic mass is 32.2. The predicted molar refractivity (Wildman–Crippen MR) is 131 cm³/mol. The average molecular weight is 523 g/mol. The van der Waals surface area contributed by atoms with Crippen molar-refractivity contribution < 1.29 is 37.2 Å². The predicted octanol–water partition coefficient (Wildman–Crippen LogP) is 1.26. The number of phenolic OH excluding ortho intramolecular Hbond substituents is 1. The van der Waals surface area contributed by atoms with Crippen LogP contribution in [0.4, 0.5) is 10.5 Å². The van der Waals surface area contributed by atoms with Crippen LogP contribution in [0, 0.1) is 0 Å². The Kier molecular flexibility index (Phi) is 9.25. The van der Waals surface area contributed by atoms with Gasteiger partial charge >= 0.3 is 16.4 Å². The number of nitrogens with two attached hydrogens (primary N) is 1. The average Bonchev–Trinajstić information content (AvgIpc) is 2.73. The minimum atomic E-state index is -4.46. The molecule has 7 N–H and O–H groups in total. The van der Waals surface area contributed by atoms with Gasteiger partial charge in [0, 0.05) is 12.8 Å². The summed E-state index contributed by atoms with van der Waals surface area (Å²) < 4.78 is 38.0. The fourth-order valence-corrected chi connectivity index (χ4v) is 3.55. The summed E-state index contributed by atoms with van der Waals surface area (Å²) in [5, 5.41) is 14.5. The lowest BCUT2D eigenvalue weighted by atomic mass is 10.0. The monoisotopic (exact) mass is 522 g/mol. The molecule has 3 amide bonds. The smallest absolute Gasteiger partial charge is 0.408 e. The van der Waals surface area contributed by atoms with Gasteiger partial charge in [0.1, 0.15) is 23.4 Å². The molecule has 0 saturated carbocycles. The zero-order valence-electron chi connectivity index (χ0n) is 20.0. The Balaban J connectivity index is 2.21. The van der Waals surface area contributed by atoms with E-state index in [4.69, 9.17) is 15.0 Å². The van der Waals surface area contributed by atoms with E-state index in [9.17, 15) is 27.9 Å². The molecule has 13 heteroatoms. The zero-order valence-corrected chi connectivity index (χ0v) is 20.8. The second-order valence-electron chi connectivity index (χ2n) is 9.01. The zero-order chi connectivity index (χ0) is 27.1. The number of alkyl carbamates (subject to hydrolysis) is 1. The van der Waals surface area contributed by atoms with Crippen LogP contribution in [0.25, 0.3) is 0 Å². The molecule has 0 spiro atoms. The molecule has 0 saturated heterocycles.